The highest BCUT2D eigenvalue weighted by Gasteiger charge is 2.22. The van der Waals surface area contributed by atoms with Gasteiger partial charge in [0, 0.05) is 31.7 Å². The number of aromatic nitrogens is 6. The third kappa shape index (κ3) is 4.66. The highest BCUT2D eigenvalue weighted by molar-refractivity contribution is 9.10. The van der Waals surface area contributed by atoms with Gasteiger partial charge >= 0.3 is 0 Å². The summed E-state index contributed by atoms with van der Waals surface area (Å²) in [6.45, 7) is 4.04. The summed E-state index contributed by atoms with van der Waals surface area (Å²) in [6, 6.07) is 6.15. The molecule has 0 amide bonds. The minimum absolute atomic E-state index is 0.0808. The monoisotopic (exact) mass is 552 g/mol. The van der Waals surface area contributed by atoms with E-state index in [1.807, 2.05) is 42.5 Å². The minimum Gasteiger partial charge on any atom is -0.475 e. The number of hydrogen-bond acceptors (Lipinski definition) is 6. The van der Waals surface area contributed by atoms with Gasteiger partial charge in [-0.3, -0.25) is 4.68 Å². The fourth-order valence-electron chi connectivity index (χ4n) is 4.54. The minimum atomic E-state index is -0.0808. The molecule has 36 heavy (non-hydrogen) atoms. The summed E-state index contributed by atoms with van der Waals surface area (Å²) in [7, 11) is 3.77. The third-order valence-corrected chi connectivity index (χ3v) is 7.30. The van der Waals surface area contributed by atoms with Gasteiger partial charge < -0.3 is 14.2 Å². The first-order valence-electron chi connectivity index (χ1n) is 12.0. The average Bonchev–Trinajstić information content (AvgIpc) is 3.52. The Kier molecular flexibility index (Phi) is 7.14. The van der Waals surface area contributed by atoms with E-state index >= 15 is 0 Å². The molecule has 1 unspecified atom stereocenters. The molecule has 5 rings (SSSR count). The van der Waals surface area contributed by atoms with Crippen LogP contribution in [0.15, 0.2) is 29.0 Å². The molecule has 0 spiro atoms. The van der Waals surface area contributed by atoms with E-state index in [0.717, 1.165) is 63.8 Å². The highest BCUT2D eigenvalue weighted by atomic mass is 79.9. The van der Waals surface area contributed by atoms with Crippen LogP contribution in [0.5, 0.6) is 5.88 Å². The molecule has 1 aliphatic heterocycles. The molecule has 0 bridgehead atoms. The summed E-state index contributed by atoms with van der Waals surface area (Å²) in [5, 5.41) is 14.4. The van der Waals surface area contributed by atoms with Gasteiger partial charge in [-0.2, -0.15) is 15.3 Å². The smallest absolute Gasteiger partial charge is 0.219 e. The maximum absolute atomic E-state index is 6.10. The van der Waals surface area contributed by atoms with Crippen LogP contribution in [0.1, 0.15) is 42.4 Å². The van der Waals surface area contributed by atoms with Crippen LogP contribution in [0.4, 0.5) is 0 Å². The van der Waals surface area contributed by atoms with E-state index in [-0.39, 0.29) is 6.23 Å². The van der Waals surface area contributed by atoms with Crippen LogP contribution in [-0.4, -0.2) is 49.2 Å². The van der Waals surface area contributed by atoms with E-state index in [1.54, 1.807) is 10.9 Å². The quantitative estimate of drug-likeness (QED) is 0.236. The fraction of sp³-hybridized carbons (Fsp3) is 0.423. The van der Waals surface area contributed by atoms with Crippen molar-refractivity contribution in [3.63, 3.8) is 0 Å². The number of halogens is 1. The second kappa shape index (κ2) is 10.5. The van der Waals surface area contributed by atoms with Crippen molar-refractivity contribution in [2.75, 3.05) is 19.8 Å². The molecule has 4 aromatic rings. The Morgan fingerprint density at radius 3 is 2.78 bits per heavy atom. The molecule has 1 aliphatic rings. The molecular weight excluding hydrogens is 524 g/mol. The number of aryl methyl sites for hydroxylation is 2. The van der Waals surface area contributed by atoms with Gasteiger partial charge in [-0.25, -0.2) is 9.36 Å². The second-order valence-corrected chi connectivity index (χ2v) is 9.62. The highest BCUT2D eigenvalue weighted by Crippen LogP contribution is 2.34. The first kappa shape index (κ1) is 24.6. The lowest BCUT2D eigenvalue weighted by Gasteiger charge is -2.23. The molecule has 9 nitrogen and oxygen atoms in total. The predicted octanol–water partition coefficient (Wildman–Crippen LogP) is 4.52. The zero-order chi connectivity index (χ0) is 25.2. The lowest BCUT2D eigenvalue weighted by molar-refractivity contribution is -0.0367. The molecule has 1 saturated heterocycles. The Balaban J connectivity index is 1.31. The summed E-state index contributed by atoms with van der Waals surface area (Å²) >= 11 is 3.45. The number of hydrogen-bond donors (Lipinski definition) is 0. The largest absolute Gasteiger partial charge is 0.475 e. The van der Waals surface area contributed by atoms with Gasteiger partial charge in [0.15, 0.2) is 6.23 Å². The zero-order valence-corrected chi connectivity index (χ0v) is 22.3. The fourth-order valence-corrected chi connectivity index (χ4v) is 5.01. The van der Waals surface area contributed by atoms with Crippen molar-refractivity contribution < 1.29 is 14.2 Å². The van der Waals surface area contributed by atoms with Crippen LogP contribution in [0.25, 0.3) is 22.0 Å². The van der Waals surface area contributed by atoms with Crippen LogP contribution >= 0.6 is 15.9 Å². The molecule has 1 aromatic carbocycles. The number of ether oxygens (including phenoxy) is 3. The molecule has 0 radical (unpaired) electrons. The van der Waals surface area contributed by atoms with Gasteiger partial charge in [-0.15, -0.1) is 6.42 Å². The topological polar surface area (TPSA) is 81.2 Å². The van der Waals surface area contributed by atoms with Crippen molar-refractivity contribution in [1.29, 1.82) is 0 Å². The Bertz CT molecular complexity index is 1420. The Morgan fingerprint density at radius 1 is 1.19 bits per heavy atom. The molecule has 188 valence electrons. The molecule has 0 saturated carbocycles. The molecule has 0 aliphatic carbocycles. The van der Waals surface area contributed by atoms with Crippen molar-refractivity contribution in [3.8, 4) is 29.4 Å². The summed E-state index contributed by atoms with van der Waals surface area (Å²) in [4.78, 5) is 0. The zero-order valence-electron chi connectivity index (χ0n) is 20.7. The molecule has 4 heterocycles. The van der Waals surface area contributed by atoms with Crippen LogP contribution in [0.2, 0.25) is 0 Å². The normalized spacial score (nSPS) is 15.9. The standard InChI is InChI=1S/C26H29BrN6O3/c1-5-21-19-14-18(9-10-22(19)33(29-21)24-8-6-7-11-35-24)20-15-28-32(4)26(20)36-13-12-34-16-23-17(2)25(27)30-31(23)3/h1,9-10,14-15,24H,6-8,11-13,16H2,2-4H3. The maximum atomic E-state index is 6.10. The molecule has 3 aromatic heterocycles. The van der Waals surface area contributed by atoms with Gasteiger partial charge in [0.25, 0.3) is 0 Å². The first-order valence-corrected chi connectivity index (χ1v) is 12.8. The molecular formula is C26H29BrN6O3. The maximum Gasteiger partial charge on any atom is 0.219 e. The van der Waals surface area contributed by atoms with Gasteiger partial charge in [-0.1, -0.05) is 6.07 Å². The van der Waals surface area contributed by atoms with E-state index in [4.69, 9.17) is 20.6 Å². The van der Waals surface area contributed by atoms with Crippen LogP contribution < -0.4 is 4.74 Å². The number of rotatable bonds is 8. The molecule has 1 fully saturated rings. The average molecular weight is 553 g/mol. The van der Waals surface area contributed by atoms with Crippen molar-refractivity contribution in [2.24, 2.45) is 14.1 Å². The third-order valence-electron chi connectivity index (χ3n) is 6.54. The number of nitrogens with zero attached hydrogens (tertiary/aromatic N) is 6. The SMILES string of the molecule is C#Cc1nn(C2CCCCO2)c2ccc(-c3cnn(C)c3OCCOCc3c(C)c(Br)nn3C)cc12. The summed E-state index contributed by atoms with van der Waals surface area (Å²) in [5.74, 6) is 3.40. The molecule has 1 atom stereocenters. The molecule has 10 heteroatoms. The van der Waals surface area contributed by atoms with Gasteiger partial charge in [0.05, 0.1) is 36.2 Å². The van der Waals surface area contributed by atoms with E-state index in [1.165, 1.54) is 0 Å². The van der Waals surface area contributed by atoms with Crippen molar-refractivity contribution in [2.45, 2.75) is 39.0 Å². The van der Waals surface area contributed by atoms with Gasteiger partial charge in [0.1, 0.15) is 16.9 Å². The Morgan fingerprint density at radius 2 is 2.06 bits per heavy atom. The predicted molar refractivity (Wildman–Crippen MR) is 140 cm³/mol. The summed E-state index contributed by atoms with van der Waals surface area (Å²) < 4.78 is 24.2. The van der Waals surface area contributed by atoms with E-state index in [0.29, 0.717) is 31.4 Å². The van der Waals surface area contributed by atoms with Crippen molar-refractivity contribution in [1.82, 2.24) is 29.3 Å². The van der Waals surface area contributed by atoms with Gasteiger partial charge in [0.2, 0.25) is 5.88 Å². The molecule has 0 N–H and O–H groups in total. The van der Waals surface area contributed by atoms with Crippen LogP contribution in [0, 0.1) is 19.3 Å². The number of terminal acetylenes is 1. The van der Waals surface area contributed by atoms with Crippen molar-refractivity contribution in [3.05, 3.63) is 46.0 Å². The van der Waals surface area contributed by atoms with E-state index < -0.39 is 0 Å². The van der Waals surface area contributed by atoms with Crippen molar-refractivity contribution >= 4 is 26.8 Å². The Labute approximate surface area is 218 Å². The number of fused-ring (bicyclic) bond motifs is 1. The lowest BCUT2D eigenvalue weighted by atomic mass is 10.1. The first-order chi connectivity index (χ1) is 17.5. The second-order valence-electron chi connectivity index (χ2n) is 8.86. The van der Waals surface area contributed by atoms with Crippen LogP contribution in [0.3, 0.4) is 0 Å². The lowest BCUT2D eigenvalue weighted by Crippen LogP contribution is -2.19. The number of benzene rings is 1. The van der Waals surface area contributed by atoms with E-state index in [2.05, 4.69) is 43.2 Å². The van der Waals surface area contributed by atoms with Crippen LogP contribution in [-0.2, 0) is 30.2 Å². The van der Waals surface area contributed by atoms with Gasteiger partial charge in [-0.05, 0) is 65.7 Å². The summed E-state index contributed by atoms with van der Waals surface area (Å²) in [5.41, 5.74) is 5.53. The van der Waals surface area contributed by atoms with E-state index in [9.17, 15) is 0 Å². The summed E-state index contributed by atoms with van der Waals surface area (Å²) in [6.07, 6.45) is 10.7. The Hall–Kier alpha value is -3.13.